The molecule has 5 rings (SSSR count). The van der Waals surface area contributed by atoms with Gasteiger partial charge >= 0.3 is 0 Å². The van der Waals surface area contributed by atoms with Gasteiger partial charge in [0.15, 0.2) is 0 Å². The Morgan fingerprint density at radius 3 is 2.59 bits per heavy atom. The first-order valence-corrected chi connectivity index (χ1v) is 13.9. The maximum absolute atomic E-state index is 13.1. The molecule has 2 aromatic heterocycles. The molecule has 3 heterocycles. The minimum Gasteiger partial charge on any atom is -0.328 e. The highest BCUT2D eigenvalue weighted by Crippen LogP contribution is 2.27. The largest absolute Gasteiger partial charge is 0.328 e. The van der Waals surface area contributed by atoms with E-state index in [1.807, 2.05) is 36.4 Å². The molecule has 1 fully saturated rings. The lowest BCUT2D eigenvalue weighted by Crippen LogP contribution is -2.35. The maximum Gasteiger partial charge on any atom is 0.243 e. The van der Waals surface area contributed by atoms with E-state index >= 15 is 0 Å². The predicted molar refractivity (Wildman–Crippen MR) is 131 cm³/mol. The average Bonchev–Trinajstić information content (AvgIpc) is 3.46. The van der Waals surface area contributed by atoms with Crippen molar-refractivity contribution in [1.82, 2.24) is 34.1 Å². The van der Waals surface area contributed by atoms with E-state index in [1.165, 1.54) is 11.8 Å². The highest BCUT2D eigenvalue weighted by Gasteiger charge is 2.26. The van der Waals surface area contributed by atoms with E-state index in [9.17, 15) is 8.42 Å². The number of aryl methyl sites for hydroxylation is 1. The minimum atomic E-state index is -3.50. The monoisotopic (exact) mass is 497 g/mol. The maximum atomic E-state index is 13.1. The zero-order valence-corrected chi connectivity index (χ0v) is 20.7. The van der Waals surface area contributed by atoms with Crippen LogP contribution in [0.15, 0.2) is 58.6 Å². The molecule has 34 heavy (non-hydrogen) atoms. The number of thioether (sulfide) groups is 1. The third kappa shape index (κ3) is 4.59. The number of piperidine rings is 1. The first kappa shape index (κ1) is 23.0. The second kappa shape index (κ2) is 9.85. The molecule has 1 saturated heterocycles. The summed E-state index contributed by atoms with van der Waals surface area (Å²) >= 11 is 1.52. The molecule has 0 amide bonds. The van der Waals surface area contributed by atoms with E-state index in [4.69, 9.17) is 4.98 Å². The molecule has 1 aliphatic heterocycles. The van der Waals surface area contributed by atoms with Crippen molar-refractivity contribution in [3.8, 4) is 0 Å². The molecule has 4 aromatic rings. The van der Waals surface area contributed by atoms with E-state index in [-0.39, 0.29) is 0 Å². The molecule has 0 unspecified atom stereocenters. The fraction of sp³-hybridized carbons (Fsp3) is 0.391. The number of tetrazole rings is 1. The number of imidazole rings is 1. The van der Waals surface area contributed by atoms with Crippen LogP contribution in [0.2, 0.25) is 0 Å². The Balaban J connectivity index is 1.38. The van der Waals surface area contributed by atoms with Crippen molar-refractivity contribution in [2.75, 3.05) is 13.1 Å². The van der Waals surface area contributed by atoms with Gasteiger partial charge < -0.3 is 4.57 Å². The third-order valence-corrected chi connectivity index (χ3v) is 8.92. The molecule has 0 atom stereocenters. The lowest BCUT2D eigenvalue weighted by atomic mass is 10.2. The molecule has 0 bridgehead atoms. The summed E-state index contributed by atoms with van der Waals surface area (Å²) in [5.74, 6) is 1.44. The van der Waals surface area contributed by atoms with Gasteiger partial charge in [0.2, 0.25) is 15.2 Å². The summed E-state index contributed by atoms with van der Waals surface area (Å²) in [6, 6.07) is 15.3. The Hall–Kier alpha value is -2.76. The molecule has 2 aromatic carbocycles. The molecule has 0 spiro atoms. The van der Waals surface area contributed by atoms with Crippen LogP contribution in [-0.2, 0) is 28.9 Å². The molecule has 11 heteroatoms. The van der Waals surface area contributed by atoms with Gasteiger partial charge in [-0.15, -0.1) is 5.10 Å². The van der Waals surface area contributed by atoms with Crippen molar-refractivity contribution in [1.29, 1.82) is 0 Å². The topological polar surface area (TPSA) is 98.8 Å². The average molecular weight is 498 g/mol. The molecule has 178 valence electrons. The first-order valence-electron chi connectivity index (χ1n) is 11.5. The molecule has 1 aliphatic rings. The fourth-order valence-corrected chi connectivity index (χ4v) is 6.68. The van der Waals surface area contributed by atoms with Crippen LogP contribution < -0.4 is 0 Å². The Bertz CT molecular complexity index is 1380. The van der Waals surface area contributed by atoms with Crippen molar-refractivity contribution in [3.63, 3.8) is 0 Å². The molecule has 9 nitrogen and oxygen atoms in total. The summed E-state index contributed by atoms with van der Waals surface area (Å²) in [5.41, 5.74) is 2.75. The van der Waals surface area contributed by atoms with Crippen molar-refractivity contribution in [3.05, 3.63) is 59.9 Å². The van der Waals surface area contributed by atoms with Crippen molar-refractivity contribution in [2.45, 2.75) is 55.1 Å². The van der Waals surface area contributed by atoms with Gasteiger partial charge in [-0.25, -0.2) is 18.1 Å². The molecule has 0 aliphatic carbocycles. The number of hydrogen-bond donors (Lipinski definition) is 0. The minimum absolute atomic E-state index is 0.314. The van der Waals surface area contributed by atoms with Crippen molar-refractivity contribution in [2.24, 2.45) is 0 Å². The summed E-state index contributed by atoms with van der Waals surface area (Å²) in [7, 11) is -3.50. The number of benzene rings is 2. The van der Waals surface area contributed by atoms with Gasteiger partial charge in [-0.3, -0.25) is 0 Å². The fourth-order valence-electron chi connectivity index (χ4n) is 4.32. The highest BCUT2D eigenvalue weighted by molar-refractivity contribution is 7.98. The Kier molecular flexibility index (Phi) is 6.66. The lowest BCUT2D eigenvalue weighted by molar-refractivity contribution is 0.346. The number of rotatable bonds is 8. The van der Waals surface area contributed by atoms with E-state index in [2.05, 4.69) is 27.0 Å². The summed E-state index contributed by atoms with van der Waals surface area (Å²) < 4.78 is 31.7. The summed E-state index contributed by atoms with van der Waals surface area (Å²) in [6.45, 7) is 4.57. The van der Waals surface area contributed by atoms with Crippen LogP contribution in [0.3, 0.4) is 0 Å². The van der Waals surface area contributed by atoms with Gasteiger partial charge in [0.1, 0.15) is 5.82 Å². The van der Waals surface area contributed by atoms with Gasteiger partial charge in [-0.2, -0.15) is 4.31 Å². The zero-order valence-electron chi connectivity index (χ0n) is 19.0. The third-order valence-electron chi connectivity index (χ3n) is 6.07. The van der Waals surface area contributed by atoms with Crippen LogP contribution in [0.4, 0.5) is 0 Å². The van der Waals surface area contributed by atoms with Crippen LogP contribution in [0.1, 0.15) is 37.6 Å². The second-order valence-electron chi connectivity index (χ2n) is 8.28. The number of nitrogens with zero attached hydrogens (tertiary/aromatic N) is 7. The Labute approximate surface area is 203 Å². The van der Waals surface area contributed by atoms with E-state index in [0.29, 0.717) is 41.0 Å². The predicted octanol–water partition coefficient (Wildman–Crippen LogP) is 3.56. The van der Waals surface area contributed by atoms with Crippen LogP contribution in [0, 0.1) is 0 Å². The molecule has 0 radical (unpaired) electrons. The molecule has 0 N–H and O–H groups in total. The van der Waals surface area contributed by atoms with Gasteiger partial charge in [0.25, 0.3) is 0 Å². The van der Waals surface area contributed by atoms with Crippen molar-refractivity contribution < 1.29 is 8.42 Å². The van der Waals surface area contributed by atoms with E-state index < -0.39 is 10.0 Å². The summed E-state index contributed by atoms with van der Waals surface area (Å²) in [6.07, 6.45) is 2.91. The lowest BCUT2D eigenvalue weighted by Gasteiger charge is -2.25. The van der Waals surface area contributed by atoms with Gasteiger partial charge in [-0.1, -0.05) is 48.5 Å². The number of fused-ring (bicyclic) bond motifs is 1. The zero-order chi connectivity index (χ0) is 23.5. The smallest absolute Gasteiger partial charge is 0.243 e. The van der Waals surface area contributed by atoms with Crippen LogP contribution in [0.25, 0.3) is 11.0 Å². The van der Waals surface area contributed by atoms with Gasteiger partial charge in [0, 0.05) is 19.6 Å². The van der Waals surface area contributed by atoms with Crippen LogP contribution in [-0.4, -0.2) is 55.6 Å². The van der Waals surface area contributed by atoms with Crippen LogP contribution >= 0.6 is 11.8 Å². The SMILES string of the molecule is CCn1c(CSc2nnnn2Cc2ccccc2)nc2cc(S(=O)(=O)N3CCCCC3)ccc21. The number of sulfonamides is 1. The number of aromatic nitrogens is 6. The number of hydrogen-bond acceptors (Lipinski definition) is 7. The molecule has 0 saturated carbocycles. The Morgan fingerprint density at radius 1 is 1.03 bits per heavy atom. The second-order valence-corrected chi connectivity index (χ2v) is 11.2. The van der Waals surface area contributed by atoms with Gasteiger partial charge in [0.05, 0.1) is 28.2 Å². The molecular formula is C23H27N7O2S2. The van der Waals surface area contributed by atoms with Gasteiger partial charge in [-0.05, 0) is 54.0 Å². The van der Waals surface area contributed by atoms with E-state index in [0.717, 1.165) is 42.7 Å². The normalized spacial score (nSPS) is 15.2. The van der Waals surface area contributed by atoms with Crippen molar-refractivity contribution >= 4 is 32.8 Å². The molecular weight excluding hydrogens is 470 g/mol. The van der Waals surface area contributed by atoms with Crippen LogP contribution in [0.5, 0.6) is 0 Å². The highest BCUT2D eigenvalue weighted by atomic mass is 32.2. The summed E-state index contributed by atoms with van der Waals surface area (Å²) in [4.78, 5) is 5.11. The quantitative estimate of drug-likeness (QED) is 0.343. The summed E-state index contributed by atoms with van der Waals surface area (Å²) in [5, 5.41) is 12.9. The Morgan fingerprint density at radius 2 is 1.82 bits per heavy atom. The first-order chi connectivity index (χ1) is 16.6. The standard InChI is InChI=1S/C23H27N7O2S2/c1-2-29-21-12-11-19(34(31,32)28-13-7-4-8-14-28)15-20(21)24-22(29)17-33-23-25-26-27-30(23)16-18-9-5-3-6-10-18/h3,5-6,9-12,15H,2,4,7-8,13-14,16-17H2,1H3. The van der Waals surface area contributed by atoms with E-state index in [1.54, 1.807) is 21.1 Å².